The van der Waals surface area contributed by atoms with E-state index in [-0.39, 0.29) is 10.8 Å². The van der Waals surface area contributed by atoms with Gasteiger partial charge in [0.15, 0.2) is 6.61 Å². The van der Waals surface area contributed by atoms with E-state index >= 15 is 0 Å². The van der Waals surface area contributed by atoms with Crippen molar-refractivity contribution in [1.82, 2.24) is 4.90 Å². The zero-order chi connectivity index (χ0) is 18.7. The van der Waals surface area contributed by atoms with Crippen LogP contribution in [0.4, 0.5) is 5.69 Å². The van der Waals surface area contributed by atoms with E-state index in [4.69, 9.17) is 10.00 Å². The molecule has 0 spiro atoms. The molecule has 0 saturated carbocycles. The number of rotatable bonds is 5. The number of benzene rings is 1. The number of nitriles is 1. The first kappa shape index (κ1) is 18.3. The number of anilines is 1. The summed E-state index contributed by atoms with van der Waals surface area (Å²) in [5.41, 5.74) is 1.42. The third kappa shape index (κ3) is 3.68. The van der Waals surface area contributed by atoms with Gasteiger partial charge in [-0.1, -0.05) is 12.1 Å². The number of fused-ring (bicyclic) bond motifs is 1. The Hall–Kier alpha value is -2.53. The second kappa shape index (κ2) is 7.38. The van der Waals surface area contributed by atoms with Crippen molar-refractivity contribution >= 4 is 35.2 Å². The summed E-state index contributed by atoms with van der Waals surface area (Å²) in [6.45, 7) is 1.55. The van der Waals surface area contributed by atoms with Gasteiger partial charge in [0, 0.05) is 17.9 Å². The first-order valence-electron chi connectivity index (χ1n) is 8.31. The molecule has 1 aromatic rings. The van der Waals surface area contributed by atoms with E-state index in [1.165, 1.54) is 0 Å². The fourth-order valence-electron chi connectivity index (χ4n) is 3.22. The topological polar surface area (TPSA) is 99.5 Å². The zero-order valence-corrected chi connectivity index (χ0v) is 15.2. The second-order valence-corrected chi connectivity index (χ2v) is 7.95. The summed E-state index contributed by atoms with van der Waals surface area (Å²) >= 11 is 1.58. The first-order chi connectivity index (χ1) is 12.4. The normalized spacial score (nSPS) is 24.1. The number of hydrogen-bond donors (Lipinski definition) is 1. The predicted octanol–water partition coefficient (Wildman–Crippen LogP) is 1.69. The summed E-state index contributed by atoms with van der Waals surface area (Å²) < 4.78 is 5.12. The fourth-order valence-corrected chi connectivity index (χ4v) is 4.64. The molecular weight excluding hydrogens is 354 g/mol. The summed E-state index contributed by atoms with van der Waals surface area (Å²) in [6, 6.07) is 8.30. The number of ether oxygens (including phenoxy) is 1. The monoisotopic (exact) mass is 373 g/mol. The van der Waals surface area contributed by atoms with Crippen LogP contribution in [-0.2, 0) is 25.5 Å². The molecule has 7 nitrogen and oxygen atoms in total. The maximum atomic E-state index is 12.3. The molecular formula is C18H19N3O4S. The van der Waals surface area contributed by atoms with Crippen molar-refractivity contribution < 1.29 is 19.1 Å². The van der Waals surface area contributed by atoms with E-state index in [0.717, 1.165) is 12.0 Å². The Morgan fingerprint density at radius 2 is 2.15 bits per heavy atom. The smallest absolute Gasteiger partial charge is 0.330 e. The highest BCUT2D eigenvalue weighted by Crippen LogP contribution is 2.47. The van der Waals surface area contributed by atoms with E-state index in [0.29, 0.717) is 24.3 Å². The Morgan fingerprint density at radius 3 is 2.85 bits per heavy atom. The van der Waals surface area contributed by atoms with Crippen LogP contribution in [0.2, 0.25) is 0 Å². The summed E-state index contributed by atoms with van der Waals surface area (Å²) in [7, 11) is 0. The average molecular weight is 373 g/mol. The molecule has 8 heteroatoms. The Morgan fingerprint density at radius 1 is 1.42 bits per heavy atom. The summed E-state index contributed by atoms with van der Waals surface area (Å²) in [5, 5.41) is 11.3. The minimum Gasteiger partial charge on any atom is -0.454 e. The van der Waals surface area contributed by atoms with Gasteiger partial charge in [-0.15, -0.1) is 11.8 Å². The fraction of sp³-hybridized carbons (Fsp3) is 0.444. The van der Waals surface area contributed by atoms with Crippen molar-refractivity contribution in [2.75, 3.05) is 17.7 Å². The van der Waals surface area contributed by atoms with Crippen molar-refractivity contribution in [2.24, 2.45) is 0 Å². The Kier molecular flexibility index (Phi) is 5.18. The molecule has 2 fully saturated rings. The van der Waals surface area contributed by atoms with Crippen LogP contribution in [-0.4, -0.2) is 46.0 Å². The number of carbonyl (C=O) groups excluding carboxylic acids is 3. The minimum atomic E-state index is -0.627. The van der Waals surface area contributed by atoms with Crippen LogP contribution < -0.4 is 5.32 Å². The van der Waals surface area contributed by atoms with Gasteiger partial charge in [-0.05, 0) is 31.0 Å². The molecule has 0 aromatic heterocycles. The Balaban J connectivity index is 1.51. The third-order valence-electron chi connectivity index (χ3n) is 4.58. The zero-order valence-electron chi connectivity index (χ0n) is 14.4. The molecule has 0 aliphatic carbocycles. The quantitative estimate of drug-likeness (QED) is 0.789. The number of nitrogens with zero attached hydrogens (tertiary/aromatic N) is 2. The lowest BCUT2D eigenvalue weighted by Crippen LogP contribution is -2.47. The SMILES string of the molecule is C[C@]12CCC(=O)N1[C@H](C(=O)OCC(=O)Nc1ccc(CC#N)cc1)CS2. The van der Waals surface area contributed by atoms with E-state index in [9.17, 15) is 14.4 Å². The van der Waals surface area contributed by atoms with Crippen LogP contribution in [0.25, 0.3) is 0 Å². The standard InChI is InChI=1S/C18H19N3O4S/c1-18-8-6-16(23)21(18)14(11-26-18)17(24)25-10-15(22)20-13-4-2-12(3-5-13)7-9-19/h2-5,14H,6-8,10-11H2,1H3,(H,20,22)/t14-,18-/m0/s1. The van der Waals surface area contributed by atoms with Crippen LogP contribution in [0.3, 0.4) is 0 Å². The van der Waals surface area contributed by atoms with Gasteiger partial charge >= 0.3 is 5.97 Å². The molecule has 2 aliphatic rings. The van der Waals surface area contributed by atoms with Gasteiger partial charge < -0.3 is 15.0 Å². The second-order valence-electron chi connectivity index (χ2n) is 6.45. The van der Waals surface area contributed by atoms with Crippen LogP contribution >= 0.6 is 11.8 Å². The molecule has 2 heterocycles. The Bertz CT molecular complexity index is 774. The lowest BCUT2D eigenvalue weighted by atomic mass is 10.1. The van der Waals surface area contributed by atoms with Crippen LogP contribution in [0.1, 0.15) is 25.3 Å². The predicted molar refractivity (Wildman–Crippen MR) is 96.1 cm³/mol. The molecule has 2 atom stereocenters. The minimum absolute atomic E-state index is 0.0404. The molecule has 1 aromatic carbocycles. The number of nitrogens with one attached hydrogen (secondary N) is 1. The molecule has 0 bridgehead atoms. The molecule has 0 unspecified atom stereocenters. The number of amides is 2. The lowest BCUT2D eigenvalue weighted by molar-refractivity contribution is -0.155. The van der Waals surface area contributed by atoms with Gasteiger partial charge in [-0.25, -0.2) is 4.79 Å². The summed E-state index contributed by atoms with van der Waals surface area (Å²) in [5.74, 6) is -0.548. The molecule has 1 N–H and O–H groups in total. The van der Waals surface area contributed by atoms with Crippen molar-refractivity contribution in [1.29, 1.82) is 5.26 Å². The van der Waals surface area contributed by atoms with Crippen molar-refractivity contribution in [2.45, 2.75) is 37.1 Å². The first-order valence-corrected chi connectivity index (χ1v) is 9.30. The van der Waals surface area contributed by atoms with E-state index < -0.39 is 24.5 Å². The largest absolute Gasteiger partial charge is 0.454 e. The highest BCUT2D eigenvalue weighted by Gasteiger charge is 2.53. The van der Waals surface area contributed by atoms with Crippen LogP contribution in [0, 0.1) is 11.3 Å². The highest BCUT2D eigenvalue weighted by molar-refractivity contribution is 8.01. The van der Waals surface area contributed by atoms with Gasteiger partial charge in [0.25, 0.3) is 5.91 Å². The van der Waals surface area contributed by atoms with E-state index in [1.54, 1.807) is 40.9 Å². The maximum Gasteiger partial charge on any atom is 0.330 e. The van der Waals surface area contributed by atoms with Crippen LogP contribution in [0.5, 0.6) is 0 Å². The van der Waals surface area contributed by atoms with E-state index in [1.807, 2.05) is 6.92 Å². The number of carbonyl (C=O) groups is 3. The third-order valence-corrected chi connectivity index (χ3v) is 6.09. The summed E-state index contributed by atoms with van der Waals surface area (Å²) in [6.07, 6.45) is 1.47. The number of thioether (sulfide) groups is 1. The molecule has 0 radical (unpaired) electrons. The van der Waals surface area contributed by atoms with Crippen molar-refractivity contribution in [3.63, 3.8) is 0 Å². The molecule has 26 heavy (non-hydrogen) atoms. The summed E-state index contributed by atoms with van der Waals surface area (Å²) in [4.78, 5) is 37.6. The van der Waals surface area contributed by atoms with Gasteiger partial charge in [-0.3, -0.25) is 9.59 Å². The van der Waals surface area contributed by atoms with E-state index in [2.05, 4.69) is 11.4 Å². The molecule has 2 aliphatic heterocycles. The maximum absolute atomic E-state index is 12.3. The van der Waals surface area contributed by atoms with Gasteiger partial charge in [-0.2, -0.15) is 5.26 Å². The highest BCUT2D eigenvalue weighted by atomic mass is 32.2. The molecule has 2 saturated heterocycles. The van der Waals surface area contributed by atoms with Gasteiger partial charge in [0.2, 0.25) is 5.91 Å². The van der Waals surface area contributed by atoms with Gasteiger partial charge in [0.05, 0.1) is 17.4 Å². The molecule has 2 amide bonds. The molecule has 3 rings (SSSR count). The molecule has 136 valence electrons. The van der Waals surface area contributed by atoms with Crippen LogP contribution in [0.15, 0.2) is 24.3 Å². The van der Waals surface area contributed by atoms with Crippen molar-refractivity contribution in [3.8, 4) is 6.07 Å². The number of esters is 1. The van der Waals surface area contributed by atoms with Gasteiger partial charge in [0.1, 0.15) is 6.04 Å². The lowest BCUT2D eigenvalue weighted by Gasteiger charge is -2.29. The Labute approximate surface area is 155 Å². The number of hydrogen-bond acceptors (Lipinski definition) is 6. The van der Waals surface area contributed by atoms with Crippen molar-refractivity contribution in [3.05, 3.63) is 29.8 Å². The average Bonchev–Trinajstić information content (AvgIpc) is 3.11.